The second-order valence-corrected chi connectivity index (χ2v) is 5.17. The van der Waals surface area contributed by atoms with Crippen LogP contribution in [-0.4, -0.2) is 15.6 Å². The monoisotopic (exact) mass is 306 g/mol. The van der Waals surface area contributed by atoms with E-state index in [0.29, 0.717) is 0 Å². The first-order valence-corrected chi connectivity index (χ1v) is 6.58. The molecule has 0 atom stereocenters. The summed E-state index contributed by atoms with van der Waals surface area (Å²) in [5.74, 6) is 0.0891. The van der Waals surface area contributed by atoms with Gasteiger partial charge in [0.05, 0.1) is 15.9 Å². The van der Waals surface area contributed by atoms with Crippen LogP contribution in [0.1, 0.15) is 27.3 Å². The Kier molecular flexibility index (Phi) is 3.66. The zero-order chi connectivity index (χ0) is 13.3. The lowest BCUT2D eigenvalue weighted by atomic mass is 10.1. The first-order chi connectivity index (χ1) is 8.50. The summed E-state index contributed by atoms with van der Waals surface area (Å²) in [5, 5.41) is 4.35. The van der Waals surface area contributed by atoms with Crippen molar-refractivity contribution in [1.82, 2.24) is 9.78 Å². The van der Waals surface area contributed by atoms with Crippen LogP contribution in [0.4, 0.5) is 0 Å². The molecule has 0 fully saturated rings. The summed E-state index contributed by atoms with van der Waals surface area (Å²) in [6.07, 6.45) is 0. The van der Waals surface area contributed by atoms with Gasteiger partial charge in [-0.1, -0.05) is 24.3 Å². The standard InChI is InChI=1S/C14H15BrN2O/c1-9-6-4-5-7-12(9)13(18)8-17-11(3)14(15)10(2)16-17/h4-7H,8H2,1-3H3. The van der Waals surface area contributed by atoms with Gasteiger partial charge in [0, 0.05) is 5.56 Å². The maximum atomic E-state index is 12.2. The minimum atomic E-state index is 0.0891. The number of Topliss-reactive ketones (excluding diaryl/α,β-unsaturated/α-hetero) is 1. The smallest absolute Gasteiger partial charge is 0.184 e. The van der Waals surface area contributed by atoms with E-state index in [2.05, 4.69) is 21.0 Å². The second-order valence-electron chi connectivity index (χ2n) is 4.38. The summed E-state index contributed by atoms with van der Waals surface area (Å²) < 4.78 is 2.72. The molecule has 0 amide bonds. The van der Waals surface area contributed by atoms with E-state index in [1.165, 1.54) is 0 Å². The Morgan fingerprint density at radius 2 is 1.94 bits per heavy atom. The van der Waals surface area contributed by atoms with Crippen molar-refractivity contribution in [2.24, 2.45) is 0 Å². The topological polar surface area (TPSA) is 34.9 Å². The van der Waals surface area contributed by atoms with Crippen LogP contribution in [0.15, 0.2) is 28.7 Å². The fourth-order valence-corrected chi connectivity index (χ4v) is 2.22. The number of carbonyl (C=O) groups excluding carboxylic acids is 1. The molecule has 0 unspecified atom stereocenters. The van der Waals surface area contributed by atoms with Gasteiger partial charge in [-0.15, -0.1) is 0 Å². The van der Waals surface area contributed by atoms with Crippen LogP contribution >= 0.6 is 15.9 Å². The summed E-state index contributed by atoms with van der Waals surface area (Å²) in [4.78, 5) is 12.2. The molecule has 0 bridgehead atoms. The number of nitrogens with zero attached hydrogens (tertiary/aromatic N) is 2. The van der Waals surface area contributed by atoms with Crippen molar-refractivity contribution in [2.45, 2.75) is 27.3 Å². The molecule has 1 heterocycles. The lowest BCUT2D eigenvalue weighted by Gasteiger charge is -2.06. The fourth-order valence-electron chi connectivity index (χ4n) is 1.94. The zero-order valence-corrected chi connectivity index (χ0v) is 12.3. The minimum absolute atomic E-state index is 0.0891. The first kappa shape index (κ1) is 13.0. The molecular weight excluding hydrogens is 292 g/mol. The molecule has 1 aromatic heterocycles. The Bertz CT molecular complexity index is 602. The lowest BCUT2D eigenvalue weighted by molar-refractivity contribution is 0.0966. The number of ketones is 1. The van der Waals surface area contributed by atoms with E-state index >= 15 is 0 Å². The van der Waals surface area contributed by atoms with E-state index in [4.69, 9.17) is 0 Å². The molecule has 1 aromatic carbocycles. The van der Waals surface area contributed by atoms with Crippen LogP contribution in [0.5, 0.6) is 0 Å². The summed E-state index contributed by atoms with van der Waals surface area (Å²) in [5.41, 5.74) is 3.66. The Morgan fingerprint density at radius 1 is 1.28 bits per heavy atom. The van der Waals surface area contributed by atoms with E-state index in [9.17, 15) is 4.79 Å². The third-order valence-electron chi connectivity index (χ3n) is 3.03. The van der Waals surface area contributed by atoms with E-state index in [0.717, 1.165) is 27.0 Å². The highest BCUT2D eigenvalue weighted by molar-refractivity contribution is 9.10. The van der Waals surface area contributed by atoms with Crippen molar-refractivity contribution in [2.75, 3.05) is 0 Å². The van der Waals surface area contributed by atoms with Crippen LogP contribution in [0.2, 0.25) is 0 Å². The van der Waals surface area contributed by atoms with Crippen LogP contribution in [0, 0.1) is 20.8 Å². The molecule has 0 aliphatic heterocycles. The zero-order valence-electron chi connectivity index (χ0n) is 10.7. The predicted molar refractivity (Wildman–Crippen MR) is 74.9 cm³/mol. The van der Waals surface area contributed by atoms with Crippen molar-refractivity contribution < 1.29 is 4.79 Å². The van der Waals surface area contributed by atoms with Gasteiger partial charge in [0.15, 0.2) is 5.78 Å². The molecule has 0 saturated carbocycles. The Morgan fingerprint density at radius 3 is 2.50 bits per heavy atom. The first-order valence-electron chi connectivity index (χ1n) is 5.79. The van der Waals surface area contributed by atoms with Crippen LogP contribution in [0.25, 0.3) is 0 Å². The van der Waals surface area contributed by atoms with Crippen molar-refractivity contribution in [1.29, 1.82) is 0 Å². The maximum Gasteiger partial charge on any atom is 0.184 e. The molecule has 4 heteroatoms. The highest BCUT2D eigenvalue weighted by Crippen LogP contribution is 2.20. The SMILES string of the molecule is Cc1ccccc1C(=O)Cn1nc(C)c(Br)c1C. The number of hydrogen-bond acceptors (Lipinski definition) is 2. The molecule has 0 N–H and O–H groups in total. The third-order valence-corrected chi connectivity index (χ3v) is 4.18. The number of carbonyl (C=O) groups is 1. The molecular formula is C14H15BrN2O. The predicted octanol–water partition coefficient (Wildman–Crippen LogP) is 3.45. The average Bonchev–Trinajstić information content (AvgIpc) is 2.57. The minimum Gasteiger partial charge on any atom is -0.292 e. The molecule has 0 aliphatic rings. The molecule has 2 rings (SSSR count). The van der Waals surface area contributed by atoms with Crippen LogP contribution in [-0.2, 0) is 6.54 Å². The van der Waals surface area contributed by atoms with Gasteiger partial charge in [0.25, 0.3) is 0 Å². The van der Waals surface area contributed by atoms with Gasteiger partial charge in [-0.3, -0.25) is 9.48 Å². The number of halogens is 1. The van der Waals surface area contributed by atoms with E-state index in [-0.39, 0.29) is 12.3 Å². The van der Waals surface area contributed by atoms with Crippen LogP contribution in [0.3, 0.4) is 0 Å². The Balaban J connectivity index is 2.27. The van der Waals surface area contributed by atoms with Crippen molar-refractivity contribution in [3.8, 4) is 0 Å². The molecule has 0 radical (unpaired) electrons. The summed E-state index contributed by atoms with van der Waals surface area (Å²) in [6.45, 7) is 6.11. The molecule has 2 aromatic rings. The normalized spacial score (nSPS) is 10.7. The van der Waals surface area contributed by atoms with Gasteiger partial charge in [0.2, 0.25) is 0 Å². The quantitative estimate of drug-likeness (QED) is 0.814. The molecule has 94 valence electrons. The summed E-state index contributed by atoms with van der Waals surface area (Å²) in [7, 11) is 0. The van der Waals surface area contributed by atoms with Gasteiger partial charge in [-0.05, 0) is 42.3 Å². The van der Waals surface area contributed by atoms with Gasteiger partial charge >= 0.3 is 0 Å². The average molecular weight is 307 g/mol. The number of aromatic nitrogens is 2. The largest absolute Gasteiger partial charge is 0.292 e. The molecule has 0 spiro atoms. The van der Waals surface area contributed by atoms with E-state index < -0.39 is 0 Å². The molecule has 3 nitrogen and oxygen atoms in total. The van der Waals surface area contributed by atoms with E-state index in [1.54, 1.807) is 4.68 Å². The van der Waals surface area contributed by atoms with Gasteiger partial charge in [0.1, 0.15) is 6.54 Å². The number of benzene rings is 1. The van der Waals surface area contributed by atoms with Crippen molar-refractivity contribution >= 4 is 21.7 Å². The summed E-state index contributed by atoms with van der Waals surface area (Å²) >= 11 is 3.47. The van der Waals surface area contributed by atoms with Gasteiger partial charge in [-0.25, -0.2) is 0 Å². The van der Waals surface area contributed by atoms with E-state index in [1.807, 2.05) is 45.0 Å². The molecule has 0 saturated heterocycles. The molecule has 18 heavy (non-hydrogen) atoms. The summed E-state index contributed by atoms with van der Waals surface area (Å²) in [6, 6.07) is 7.63. The highest BCUT2D eigenvalue weighted by atomic mass is 79.9. The number of hydrogen-bond donors (Lipinski definition) is 0. The lowest BCUT2D eigenvalue weighted by Crippen LogP contribution is -2.14. The Hall–Kier alpha value is -1.42. The third kappa shape index (κ3) is 2.38. The van der Waals surface area contributed by atoms with Crippen LogP contribution < -0.4 is 0 Å². The van der Waals surface area contributed by atoms with Gasteiger partial charge < -0.3 is 0 Å². The maximum absolute atomic E-state index is 12.2. The number of rotatable bonds is 3. The van der Waals surface area contributed by atoms with Crippen molar-refractivity contribution in [3.05, 3.63) is 51.3 Å². The second kappa shape index (κ2) is 5.06. The van der Waals surface area contributed by atoms with Crippen molar-refractivity contribution in [3.63, 3.8) is 0 Å². The Labute approximate surface area is 115 Å². The highest BCUT2D eigenvalue weighted by Gasteiger charge is 2.14. The fraction of sp³-hybridized carbons (Fsp3) is 0.286. The van der Waals surface area contributed by atoms with Gasteiger partial charge in [-0.2, -0.15) is 5.10 Å². The number of aryl methyl sites for hydroxylation is 2. The molecule has 0 aliphatic carbocycles.